The average molecular weight is 330 g/mol. The smallest absolute Gasteiger partial charge is 0.306 e. The molecule has 4 N–H and O–H groups in total. The first-order valence-corrected chi connectivity index (χ1v) is 8.91. The highest BCUT2D eigenvalue weighted by Gasteiger charge is 2.44. The summed E-state index contributed by atoms with van der Waals surface area (Å²) in [7, 11) is -2.41. The molecule has 0 radical (unpaired) electrons. The number of carbonyl (C=O) groups is 1. The fraction of sp³-hybridized carbons (Fsp3) is 0.462. The van der Waals surface area contributed by atoms with Gasteiger partial charge >= 0.3 is 5.97 Å². The van der Waals surface area contributed by atoms with Gasteiger partial charge < -0.3 is 10.5 Å². The van der Waals surface area contributed by atoms with Crippen molar-refractivity contribution in [2.45, 2.75) is 29.1 Å². The van der Waals surface area contributed by atoms with Crippen molar-refractivity contribution in [2.75, 3.05) is 18.6 Å². The maximum atomic E-state index is 11.4. The van der Waals surface area contributed by atoms with Crippen molar-refractivity contribution in [2.24, 2.45) is 10.6 Å². The Kier molecular flexibility index (Phi) is 4.50. The minimum absolute atomic E-state index is 0.00510. The van der Waals surface area contributed by atoms with Crippen molar-refractivity contribution in [1.29, 1.82) is 0 Å². The lowest BCUT2D eigenvalue weighted by atomic mass is 10.1. The van der Waals surface area contributed by atoms with Gasteiger partial charge in [-0.3, -0.25) is 4.79 Å². The number of nitrogens with two attached hydrogens (primary N) is 2. The van der Waals surface area contributed by atoms with Gasteiger partial charge in [-0.2, -0.15) is 0 Å². The molecule has 0 unspecified atom stereocenters. The first-order valence-electron chi connectivity index (χ1n) is 6.38. The van der Waals surface area contributed by atoms with Crippen LogP contribution in [0.25, 0.3) is 0 Å². The Bertz CT molecular complexity index is 654. The third kappa shape index (κ3) is 4.12. The molecule has 116 valence electrons. The number of hydrogen-bond donors (Lipinski definition) is 2. The fourth-order valence-electron chi connectivity index (χ4n) is 2.04. The van der Waals surface area contributed by atoms with E-state index in [0.717, 1.165) is 23.5 Å². The van der Waals surface area contributed by atoms with E-state index in [1.165, 1.54) is 13.2 Å². The SMILES string of the molecule is COC(=O)CC1(CSc2ccc(S(N)(=O)=O)c(N)c2)CC1. The van der Waals surface area contributed by atoms with E-state index >= 15 is 0 Å². The van der Waals surface area contributed by atoms with E-state index in [2.05, 4.69) is 0 Å². The molecular weight excluding hydrogens is 312 g/mol. The summed E-state index contributed by atoms with van der Waals surface area (Å²) >= 11 is 1.55. The van der Waals surface area contributed by atoms with Crippen molar-refractivity contribution < 1.29 is 17.9 Å². The number of esters is 1. The summed E-state index contributed by atoms with van der Waals surface area (Å²) in [6.45, 7) is 0. The topological polar surface area (TPSA) is 112 Å². The average Bonchev–Trinajstić information content (AvgIpc) is 3.15. The van der Waals surface area contributed by atoms with Crippen LogP contribution in [0, 0.1) is 5.41 Å². The molecule has 0 amide bonds. The van der Waals surface area contributed by atoms with E-state index in [9.17, 15) is 13.2 Å². The summed E-state index contributed by atoms with van der Waals surface area (Å²) in [6.07, 6.45) is 2.42. The van der Waals surface area contributed by atoms with Crippen molar-refractivity contribution in [3.8, 4) is 0 Å². The second-order valence-corrected chi connectivity index (χ2v) is 7.86. The number of ether oxygens (including phenoxy) is 1. The normalized spacial score (nSPS) is 16.5. The van der Waals surface area contributed by atoms with E-state index in [-0.39, 0.29) is 22.0 Å². The number of thioether (sulfide) groups is 1. The molecule has 6 nitrogen and oxygen atoms in total. The molecule has 1 saturated carbocycles. The maximum absolute atomic E-state index is 11.4. The molecule has 0 aliphatic heterocycles. The van der Waals surface area contributed by atoms with Gasteiger partial charge in [-0.05, 0) is 36.5 Å². The van der Waals surface area contributed by atoms with Crippen molar-refractivity contribution in [3.63, 3.8) is 0 Å². The van der Waals surface area contributed by atoms with Gasteiger partial charge in [0.1, 0.15) is 4.90 Å². The molecule has 1 aliphatic carbocycles. The molecule has 1 aromatic rings. The van der Waals surface area contributed by atoms with Gasteiger partial charge in [-0.1, -0.05) is 0 Å². The minimum Gasteiger partial charge on any atom is -0.469 e. The quantitative estimate of drug-likeness (QED) is 0.462. The summed E-state index contributed by atoms with van der Waals surface area (Å²) < 4.78 is 27.3. The van der Waals surface area contributed by atoms with Gasteiger partial charge in [0.25, 0.3) is 0 Å². The van der Waals surface area contributed by atoms with E-state index in [0.29, 0.717) is 6.42 Å². The Morgan fingerprint density at radius 3 is 2.57 bits per heavy atom. The van der Waals surface area contributed by atoms with Crippen LogP contribution < -0.4 is 10.9 Å². The molecule has 0 heterocycles. The molecule has 0 atom stereocenters. The second kappa shape index (κ2) is 5.86. The number of primary sulfonamides is 1. The Hall–Kier alpha value is -1.25. The van der Waals surface area contributed by atoms with Gasteiger partial charge in [0.15, 0.2) is 0 Å². The molecule has 21 heavy (non-hydrogen) atoms. The van der Waals surface area contributed by atoms with Crippen molar-refractivity contribution in [3.05, 3.63) is 18.2 Å². The summed E-state index contributed by atoms with van der Waals surface area (Å²) in [6, 6.07) is 4.68. The molecule has 0 bridgehead atoms. The number of anilines is 1. The molecule has 2 rings (SSSR count). The standard InChI is InChI=1S/C13H18N2O4S2/c1-19-12(16)7-13(4-5-13)8-20-9-2-3-11(10(14)6-9)21(15,17)18/h2-3,6H,4-5,7-8,14H2,1H3,(H2,15,17,18). The molecule has 0 saturated heterocycles. The number of nitrogen functional groups attached to an aromatic ring is 1. The van der Waals surface area contributed by atoms with Crippen molar-refractivity contribution >= 4 is 33.4 Å². The van der Waals surface area contributed by atoms with E-state index in [1.54, 1.807) is 23.9 Å². The zero-order valence-corrected chi connectivity index (χ0v) is 13.3. The maximum Gasteiger partial charge on any atom is 0.306 e. The predicted octanol–water partition coefficient (Wildman–Crippen LogP) is 1.35. The highest BCUT2D eigenvalue weighted by Crippen LogP contribution is 2.52. The lowest BCUT2D eigenvalue weighted by Crippen LogP contribution is -2.14. The van der Waals surface area contributed by atoms with Crippen LogP contribution >= 0.6 is 11.8 Å². The number of hydrogen-bond acceptors (Lipinski definition) is 6. The fourth-order valence-corrected chi connectivity index (χ4v) is 3.92. The Labute approximate surface area is 128 Å². The zero-order valence-electron chi connectivity index (χ0n) is 11.7. The van der Waals surface area contributed by atoms with E-state index in [1.807, 2.05) is 0 Å². The second-order valence-electron chi connectivity index (χ2n) is 5.29. The number of carbonyl (C=O) groups excluding carboxylic acids is 1. The molecule has 1 aliphatic rings. The Morgan fingerprint density at radius 1 is 1.43 bits per heavy atom. The van der Waals surface area contributed by atoms with Gasteiger partial charge in [-0.25, -0.2) is 13.6 Å². The van der Waals surface area contributed by atoms with Gasteiger partial charge in [0, 0.05) is 10.6 Å². The zero-order chi connectivity index (χ0) is 15.7. The van der Waals surface area contributed by atoms with Crippen LogP contribution in [0.4, 0.5) is 5.69 Å². The summed E-state index contributed by atoms with van der Waals surface area (Å²) in [5.41, 5.74) is 5.86. The van der Waals surface area contributed by atoms with Crippen LogP contribution in [0.2, 0.25) is 0 Å². The van der Waals surface area contributed by atoms with Crippen LogP contribution in [0.3, 0.4) is 0 Å². The summed E-state index contributed by atoms with van der Waals surface area (Å²) in [5.74, 6) is 0.577. The first-order chi connectivity index (χ1) is 9.76. The molecule has 1 fully saturated rings. The third-order valence-electron chi connectivity index (χ3n) is 3.54. The van der Waals surface area contributed by atoms with Crippen LogP contribution in [-0.2, 0) is 19.6 Å². The van der Waals surface area contributed by atoms with Crippen LogP contribution in [0.1, 0.15) is 19.3 Å². The minimum atomic E-state index is -3.80. The summed E-state index contributed by atoms with van der Waals surface area (Å²) in [5, 5.41) is 5.07. The number of benzene rings is 1. The van der Waals surface area contributed by atoms with Crippen molar-refractivity contribution in [1.82, 2.24) is 0 Å². The lowest BCUT2D eigenvalue weighted by molar-refractivity contribution is -0.141. The molecule has 0 aromatic heterocycles. The van der Waals surface area contributed by atoms with E-state index < -0.39 is 10.0 Å². The monoisotopic (exact) mass is 330 g/mol. The van der Waals surface area contributed by atoms with Gasteiger partial charge in [0.05, 0.1) is 19.2 Å². The Balaban J connectivity index is 2.02. The van der Waals surface area contributed by atoms with E-state index in [4.69, 9.17) is 15.6 Å². The number of rotatable bonds is 6. The molecule has 0 spiro atoms. The lowest BCUT2D eigenvalue weighted by Gasteiger charge is -2.13. The van der Waals surface area contributed by atoms with Gasteiger partial charge in [-0.15, -0.1) is 11.8 Å². The molecule has 8 heteroatoms. The van der Waals surface area contributed by atoms with Crippen LogP contribution in [0.5, 0.6) is 0 Å². The highest BCUT2D eigenvalue weighted by molar-refractivity contribution is 7.99. The predicted molar refractivity (Wildman–Crippen MR) is 81.3 cm³/mol. The largest absolute Gasteiger partial charge is 0.469 e. The van der Waals surface area contributed by atoms with Gasteiger partial charge in [0.2, 0.25) is 10.0 Å². The van der Waals surface area contributed by atoms with Crippen LogP contribution in [-0.4, -0.2) is 27.2 Å². The number of methoxy groups -OCH3 is 1. The highest BCUT2D eigenvalue weighted by atomic mass is 32.2. The Morgan fingerprint density at radius 2 is 2.10 bits per heavy atom. The third-order valence-corrected chi connectivity index (χ3v) is 5.87. The summed E-state index contributed by atoms with van der Waals surface area (Å²) in [4.78, 5) is 12.1. The molecular formula is C13H18N2O4S2. The van der Waals surface area contributed by atoms with Crippen LogP contribution in [0.15, 0.2) is 28.0 Å². The first kappa shape index (κ1) is 16.1. The molecule has 1 aromatic carbocycles. The number of sulfonamides is 1.